The molecular weight excluding hydrogens is 198 g/mol. The summed E-state index contributed by atoms with van der Waals surface area (Å²) in [5.41, 5.74) is 1.13. The smallest absolute Gasteiger partial charge is 0.0641 e. The van der Waals surface area contributed by atoms with Gasteiger partial charge in [0.1, 0.15) is 0 Å². The van der Waals surface area contributed by atoms with Crippen molar-refractivity contribution in [1.82, 2.24) is 4.90 Å². The highest BCUT2D eigenvalue weighted by atomic mass is 15.1. The third-order valence-corrected chi connectivity index (χ3v) is 2.58. The Labute approximate surface area is 96.5 Å². The predicted octanol–water partition coefficient (Wildman–Crippen LogP) is 2.49. The number of hydrogen-bond acceptors (Lipinski definition) is 3. The summed E-state index contributed by atoms with van der Waals surface area (Å²) in [6, 6.07) is 14.3. The molecule has 0 aromatic heterocycles. The van der Waals surface area contributed by atoms with Crippen molar-refractivity contribution in [3.8, 4) is 12.1 Å². The number of benzene rings is 1. The molecule has 0 bridgehead atoms. The summed E-state index contributed by atoms with van der Waals surface area (Å²) < 4.78 is 0. The molecule has 3 nitrogen and oxygen atoms in total. The topological polar surface area (TPSA) is 50.8 Å². The van der Waals surface area contributed by atoms with Crippen LogP contribution in [0.25, 0.3) is 0 Å². The van der Waals surface area contributed by atoms with E-state index in [1.165, 1.54) is 0 Å². The van der Waals surface area contributed by atoms with Crippen molar-refractivity contribution in [1.29, 1.82) is 10.5 Å². The maximum atomic E-state index is 8.83. The summed E-state index contributed by atoms with van der Waals surface area (Å²) in [6.07, 6.45) is 0.942. The minimum atomic E-state index is 0.0829. The zero-order valence-electron chi connectivity index (χ0n) is 9.43. The fourth-order valence-corrected chi connectivity index (χ4v) is 1.67. The van der Waals surface area contributed by atoms with Gasteiger partial charge in [0.15, 0.2) is 0 Å². The van der Waals surface area contributed by atoms with Crippen LogP contribution in [0, 0.1) is 22.7 Å². The minimum Gasteiger partial charge on any atom is -0.297 e. The number of nitriles is 2. The fourth-order valence-electron chi connectivity index (χ4n) is 1.67. The van der Waals surface area contributed by atoms with Gasteiger partial charge in [-0.3, -0.25) is 4.90 Å². The van der Waals surface area contributed by atoms with Crippen LogP contribution < -0.4 is 0 Å². The van der Waals surface area contributed by atoms with E-state index in [0.717, 1.165) is 5.56 Å². The van der Waals surface area contributed by atoms with Gasteiger partial charge in [0, 0.05) is 19.0 Å². The van der Waals surface area contributed by atoms with E-state index < -0.39 is 0 Å². The van der Waals surface area contributed by atoms with Gasteiger partial charge in [-0.05, 0) is 12.6 Å². The third kappa shape index (κ3) is 3.38. The molecule has 0 N–H and O–H groups in total. The van der Waals surface area contributed by atoms with Crippen LogP contribution >= 0.6 is 0 Å². The monoisotopic (exact) mass is 213 g/mol. The molecule has 16 heavy (non-hydrogen) atoms. The second kappa shape index (κ2) is 6.61. The largest absolute Gasteiger partial charge is 0.297 e. The number of nitrogens with zero attached hydrogens (tertiary/aromatic N) is 3. The standard InChI is InChI=1S/C13H15N3/c1-16(11-5-9-14)13(8-10-15)12-6-3-2-4-7-12/h2-4,6-7,13H,5,8,11H2,1H3. The first-order valence-corrected chi connectivity index (χ1v) is 5.28. The molecule has 82 valence electrons. The molecule has 1 unspecified atom stereocenters. The highest BCUT2D eigenvalue weighted by molar-refractivity contribution is 5.20. The molecule has 0 saturated carbocycles. The van der Waals surface area contributed by atoms with E-state index in [2.05, 4.69) is 17.0 Å². The average Bonchev–Trinajstić information content (AvgIpc) is 2.34. The lowest BCUT2D eigenvalue weighted by molar-refractivity contribution is 0.253. The summed E-state index contributed by atoms with van der Waals surface area (Å²) in [6.45, 7) is 0.692. The zero-order valence-corrected chi connectivity index (χ0v) is 9.43. The summed E-state index contributed by atoms with van der Waals surface area (Å²) in [5, 5.41) is 17.4. The minimum absolute atomic E-state index is 0.0829. The maximum absolute atomic E-state index is 8.83. The molecular formula is C13H15N3. The van der Waals surface area contributed by atoms with E-state index in [0.29, 0.717) is 19.4 Å². The van der Waals surface area contributed by atoms with E-state index in [-0.39, 0.29) is 6.04 Å². The normalized spacial score (nSPS) is 11.8. The molecule has 0 heterocycles. The lowest BCUT2D eigenvalue weighted by Gasteiger charge is -2.25. The molecule has 0 saturated heterocycles. The first kappa shape index (κ1) is 12.2. The Morgan fingerprint density at radius 3 is 2.44 bits per heavy atom. The summed E-state index contributed by atoms with van der Waals surface area (Å²) in [4.78, 5) is 2.06. The van der Waals surface area contributed by atoms with Crippen LogP contribution in [0.4, 0.5) is 0 Å². The molecule has 0 fully saturated rings. The van der Waals surface area contributed by atoms with Gasteiger partial charge < -0.3 is 0 Å². The molecule has 3 heteroatoms. The van der Waals surface area contributed by atoms with Crippen molar-refractivity contribution in [2.24, 2.45) is 0 Å². The van der Waals surface area contributed by atoms with Crippen LogP contribution in [-0.4, -0.2) is 18.5 Å². The Balaban J connectivity index is 2.76. The molecule has 0 aliphatic carbocycles. The SMILES string of the molecule is CN(CCC#N)C(CC#N)c1ccccc1. The van der Waals surface area contributed by atoms with Gasteiger partial charge >= 0.3 is 0 Å². The van der Waals surface area contributed by atoms with Crippen LogP contribution in [0.3, 0.4) is 0 Å². The highest BCUT2D eigenvalue weighted by Gasteiger charge is 2.15. The number of rotatable bonds is 5. The van der Waals surface area contributed by atoms with Crippen LogP contribution in [0.15, 0.2) is 30.3 Å². The molecule has 1 atom stereocenters. The second-order valence-electron chi connectivity index (χ2n) is 3.68. The highest BCUT2D eigenvalue weighted by Crippen LogP contribution is 2.22. The Hall–Kier alpha value is -1.84. The van der Waals surface area contributed by atoms with Crippen LogP contribution in [-0.2, 0) is 0 Å². The van der Waals surface area contributed by atoms with Crippen molar-refractivity contribution >= 4 is 0 Å². The first-order valence-electron chi connectivity index (χ1n) is 5.28. The Morgan fingerprint density at radius 1 is 1.19 bits per heavy atom. The van der Waals surface area contributed by atoms with Crippen molar-refractivity contribution in [3.05, 3.63) is 35.9 Å². The molecule has 0 aliphatic heterocycles. The Bertz CT molecular complexity index is 386. The quantitative estimate of drug-likeness (QED) is 0.755. The second-order valence-corrected chi connectivity index (χ2v) is 3.68. The van der Waals surface area contributed by atoms with Gasteiger partial charge in [0.05, 0.1) is 18.6 Å². The summed E-state index contributed by atoms with van der Waals surface area (Å²) in [7, 11) is 1.95. The molecule has 0 amide bonds. The van der Waals surface area contributed by atoms with Crippen molar-refractivity contribution in [2.75, 3.05) is 13.6 Å². The Kier molecular flexibility index (Phi) is 5.05. The van der Waals surface area contributed by atoms with Gasteiger partial charge in [-0.15, -0.1) is 0 Å². The van der Waals surface area contributed by atoms with E-state index in [9.17, 15) is 0 Å². The zero-order chi connectivity index (χ0) is 11.8. The van der Waals surface area contributed by atoms with Crippen molar-refractivity contribution < 1.29 is 0 Å². The predicted molar refractivity (Wildman–Crippen MR) is 62.3 cm³/mol. The van der Waals surface area contributed by atoms with Gasteiger partial charge in [-0.1, -0.05) is 30.3 Å². The molecule has 1 aromatic rings. The lowest BCUT2D eigenvalue weighted by Crippen LogP contribution is -2.25. The van der Waals surface area contributed by atoms with Crippen LogP contribution in [0.5, 0.6) is 0 Å². The molecule has 1 rings (SSSR count). The fraction of sp³-hybridized carbons (Fsp3) is 0.385. The van der Waals surface area contributed by atoms with Crippen molar-refractivity contribution in [3.63, 3.8) is 0 Å². The molecule has 1 aromatic carbocycles. The van der Waals surface area contributed by atoms with Gasteiger partial charge in [0.2, 0.25) is 0 Å². The lowest BCUT2D eigenvalue weighted by atomic mass is 10.0. The Morgan fingerprint density at radius 2 is 1.88 bits per heavy atom. The summed E-state index contributed by atoms with van der Waals surface area (Å²) >= 11 is 0. The third-order valence-electron chi connectivity index (χ3n) is 2.58. The van der Waals surface area contributed by atoms with E-state index in [1.807, 2.05) is 37.4 Å². The van der Waals surface area contributed by atoms with Gasteiger partial charge in [-0.2, -0.15) is 10.5 Å². The van der Waals surface area contributed by atoms with Gasteiger partial charge in [0.25, 0.3) is 0 Å². The van der Waals surface area contributed by atoms with E-state index in [4.69, 9.17) is 10.5 Å². The van der Waals surface area contributed by atoms with Gasteiger partial charge in [-0.25, -0.2) is 0 Å². The summed E-state index contributed by atoms with van der Waals surface area (Å²) in [5.74, 6) is 0. The molecule has 0 spiro atoms. The molecule has 0 radical (unpaired) electrons. The first-order chi connectivity index (χ1) is 7.79. The maximum Gasteiger partial charge on any atom is 0.0641 e. The van der Waals surface area contributed by atoms with Crippen LogP contribution in [0.2, 0.25) is 0 Å². The average molecular weight is 213 g/mol. The van der Waals surface area contributed by atoms with Crippen molar-refractivity contribution in [2.45, 2.75) is 18.9 Å². The van der Waals surface area contributed by atoms with E-state index >= 15 is 0 Å². The van der Waals surface area contributed by atoms with Crippen LogP contribution in [0.1, 0.15) is 24.4 Å². The molecule has 0 aliphatic rings. The van der Waals surface area contributed by atoms with E-state index in [1.54, 1.807) is 0 Å². The number of hydrogen-bond donors (Lipinski definition) is 0.